The predicted molar refractivity (Wildman–Crippen MR) is 54.3 cm³/mol. The molecule has 78 valence electrons. The Morgan fingerprint density at radius 1 is 1.33 bits per heavy atom. The van der Waals surface area contributed by atoms with Gasteiger partial charge in [-0.3, -0.25) is 0 Å². The van der Waals surface area contributed by atoms with E-state index >= 15 is 0 Å². The normalized spacial score (nSPS) is 10.3. The highest BCUT2D eigenvalue weighted by Crippen LogP contribution is 2.29. The van der Waals surface area contributed by atoms with E-state index in [1.165, 1.54) is 0 Å². The smallest absolute Gasteiger partial charge is 0.128 e. The van der Waals surface area contributed by atoms with Crippen LogP contribution in [0.5, 0.6) is 5.75 Å². The van der Waals surface area contributed by atoms with Crippen LogP contribution in [0.2, 0.25) is 0 Å². The van der Waals surface area contributed by atoms with Crippen LogP contribution in [0, 0.1) is 0 Å². The molecular formula is C10H11N3O2. The van der Waals surface area contributed by atoms with Gasteiger partial charge < -0.3 is 9.84 Å². The summed E-state index contributed by atoms with van der Waals surface area (Å²) in [5, 5.41) is 19.4. The number of hydrogen-bond donors (Lipinski definition) is 2. The van der Waals surface area contributed by atoms with Crippen LogP contribution >= 0.6 is 0 Å². The molecule has 1 aromatic heterocycles. The van der Waals surface area contributed by atoms with Gasteiger partial charge in [0, 0.05) is 5.56 Å². The Morgan fingerprint density at radius 2 is 2.13 bits per heavy atom. The molecule has 5 nitrogen and oxygen atoms in total. The first-order valence-electron chi connectivity index (χ1n) is 4.50. The summed E-state index contributed by atoms with van der Waals surface area (Å²) in [5.41, 5.74) is 1.95. The number of nitrogens with zero attached hydrogens (tertiary/aromatic N) is 2. The fraction of sp³-hybridized carbons (Fsp3) is 0.200. The van der Waals surface area contributed by atoms with E-state index in [9.17, 15) is 0 Å². The first-order chi connectivity index (χ1) is 7.36. The van der Waals surface area contributed by atoms with Crippen LogP contribution in [0.3, 0.4) is 0 Å². The Hall–Kier alpha value is -1.88. The Labute approximate surface area is 86.7 Å². The quantitative estimate of drug-likeness (QED) is 0.783. The van der Waals surface area contributed by atoms with Gasteiger partial charge in [-0.15, -0.1) is 0 Å². The Balaban J connectivity index is 2.53. The number of aromatic amines is 1. The molecule has 0 aliphatic carbocycles. The van der Waals surface area contributed by atoms with Crippen molar-refractivity contribution in [3.05, 3.63) is 30.0 Å². The molecule has 0 atom stereocenters. The number of H-pyrrole nitrogens is 1. The van der Waals surface area contributed by atoms with E-state index in [1.807, 2.05) is 24.3 Å². The fourth-order valence-electron chi connectivity index (χ4n) is 1.42. The molecule has 0 radical (unpaired) electrons. The van der Waals surface area contributed by atoms with E-state index in [0.29, 0.717) is 17.1 Å². The topological polar surface area (TPSA) is 71.0 Å². The lowest BCUT2D eigenvalue weighted by atomic mass is 10.1. The largest absolute Gasteiger partial charge is 0.496 e. The molecule has 1 heterocycles. The second kappa shape index (κ2) is 4.10. The number of aliphatic hydroxyl groups is 1. The average molecular weight is 205 g/mol. The van der Waals surface area contributed by atoms with Crippen LogP contribution in [0.1, 0.15) is 5.69 Å². The molecule has 15 heavy (non-hydrogen) atoms. The summed E-state index contributed by atoms with van der Waals surface area (Å²) in [5.74, 6) is 0.709. The molecule has 2 aromatic rings. The average Bonchev–Trinajstić information content (AvgIpc) is 2.76. The third-order valence-electron chi connectivity index (χ3n) is 2.13. The number of methoxy groups -OCH3 is 1. The molecule has 1 aromatic carbocycles. The molecule has 0 spiro atoms. The van der Waals surface area contributed by atoms with Crippen LogP contribution in [-0.4, -0.2) is 27.6 Å². The summed E-state index contributed by atoms with van der Waals surface area (Å²) in [4.78, 5) is 0. The van der Waals surface area contributed by atoms with Crippen molar-refractivity contribution in [2.24, 2.45) is 0 Å². The predicted octanol–water partition coefficient (Wildman–Crippen LogP) is 0.973. The maximum Gasteiger partial charge on any atom is 0.128 e. The zero-order chi connectivity index (χ0) is 10.7. The lowest BCUT2D eigenvalue weighted by molar-refractivity contribution is 0.277. The number of para-hydroxylation sites is 1. The number of hydrogen-bond acceptors (Lipinski definition) is 4. The number of aliphatic hydroxyl groups excluding tert-OH is 1. The Morgan fingerprint density at radius 3 is 2.87 bits per heavy atom. The van der Waals surface area contributed by atoms with Crippen LogP contribution in [0.4, 0.5) is 0 Å². The van der Waals surface area contributed by atoms with Crippen molar-refractivity contribution in [2.75, 3.05) is 7.11 Å². The van der Waals surface area contributed by atoms with Gasteiger partial charge >= 0.3 is 0 Å². The number of aromatic nitrogens is 3. The van der Waals surface area contributed by atoms with E-state index in [4.69, 9.17) is 9.84 Å². The number of ether oxygens (including phenoxy) is 1. The minimum atomic E-state index is -0.149. The molecule has 0 aliphatic heterocycles. The summed E-state index contributed by atoms with van der Waals surface area (Å²) < 4.78 is 5.21. The summed E-state index contributed by atoms with van der Waals surface area (Å²) in [6.07, 6.45) is 0. The fourth-order valence-corrected chi connectivity index (χ4v) is 1.42. The highest BCUT2D eigenvalue weighted by atomic mass is 16.5. The SMILES string of the molecule is COc1ccccc1-c1n[nH]nc1CO. The van der Waals surface area contributed by atoms with Gasteiger partial charge in [0.25, 0.3) is 0 Å². The molecule has 0 unspecified atom stereocenters. The maximum absolute atomic E-state index is 9.07. The standard InChI is InChI=1S/C10H11N3O2/c1-15-9-5-3-2-4-7(9)10-8(6-14)11-13-12-10/h2-5,14H,6H2,1H3,(H,11,12,13). The van der Waals surface area contributed by atoms with Gasteiger partial charge in [0.2, 0.25) is 0 Å². The Bertz CT molecular complexity index is 453. The second-order valence-corrected chi connectivity index (χ2v) is 2.98. The third kappa shape index (κ3) is 1.69. The van der Waals surface area contributed by atoms with Crippen LogP contribution in [0.15, 0.2) is 24.3 Å². The van der Waals surface area contributed by atoms with E-state index in [0.717, 1.165) is 5.56 Å². The zero-order valence-corrected chi connectivity index (χ0v) is 8.27. The molecule has 0 saturated carbocycles. The Kier molecular flexibility index (Phi) is 2.64. The van der Waals surface area contributed by atoms with Crippen molar-refractivity contribution in [1.29, 1.82) is 0 Å². The van der Waals surface area contributed by atoms with Gasteiger partial charge in [0.15, 0.2) is 0 Å². The molecule has 0 saturated heterocycles. The lowest BCUT2D eigenvalue weighted by Gasteiger charge is -2.05. The monoisotopic (exact) mass is 205 g/mol. The van der Waals surface area contributed by atoms with E-state index in [1.54, 1.807) is 7.11 Å². The highest BCUT2D eigenvalue weighted by Gasteiger charge is 2.12. The summed E-state index contributed by atoms with van der Waals surface area (Å²) >= 11 is 0. The van der Waals surface area contributed by atoms with Crippen LogP contribution < -0.4 is 4.74 Å². The van der Waals surface area contributed by atoms with E-state index in [-0.39, 0.29) is 6.61 Å². The summed E-state index contributed by atoms with van der Waals surface area (Å²) in [6.45, 7) is -0.149. The molecular weight excluding hydrogens is 194 g/mol. The minimum Gasteiger partial charge on any atom is -0.496 e. The van der Waals surface area contributed by atoms with E-state index < -0.39 is 0 Å². The van der Waals surface area contributed by atoms with Crippen molar-refractivity contribution in [2.45, 2.75) is 6.61 Å². The second-order valence-electron chi connectivity index (χ2n) is 2.98. The molecule has 0 aliphatic rings. The van der Waals surface area contributed by atoms with Gasteiger partial charge in [0.05, 0.1) is 13.7 Å². The first kappa shape index (κ1) is 9.67. The minimum absolute atomic E-state index is 0.149. The van der Waals surface area contributed by atoms with Gasteiger partial charge in [-0.1, -0.05) is 12.1 Å². The third-order valence-corrected chi connectivity index (χ3v) is 2.13. The molecule has 5 heteroatoms. The summed E-state index contributed by atoms with van der Waals surface area (Å²) in [6, 6.07) is 7.47. The molecule has 0 fully saturated rings. The molecule has 0 bridgehead atoms. The zero-order valence-electron chi connectivity index (χ0n) is 8.27. The summed E-state index contributed by atoms with van der Waals surface area (Å²) in [7, 11) is 1.59. The van der Waals surface area contributed by atoms with Gasteiger partial charge in [-0.2, -0.15) is 15.4 Å². The van der Waals surface area contributed by atoms with Crippen LogP contribution in [-0.2, 0) is 6.61 Å². The van der Waals surface area contributed by atoms with Crippen molar-refractivity contribution in [3.8, 4) is 17.0 Å². The van der Waals surface area contributed by atoms with Crippen molar-refractivity contribution >= 4 is 0 Å². The van der Waals surface area contributed by atoms with Gasteiger partial charge in [-0.05, 0) is 12.1 Å². The number of rotatable bonds is 3. The van der Waals surface area contributed by atoms with E-state index in [2.05, 4.69) is 15.4 Å². The first-order valence-corrected chi connectivity index (χ1v) is 4.50. The van der Waals surface area contributed by atoms with Crippen LogP contribution in [0.25, 0.3) is 11.3 Å². The maximum atomic E-state index is 9.07. The van der Waals surface area contributed by atoms with Crippen molar-refractivity contribution in [3.63, 3.8) is 0 Å². The van der Waals surface area contributed by atoms with Crippen molar-refractivity contribution < 1.29 is 9.84 Å². The lowest BCUT2D eigenvalue weighted by Crippen LogP contribution is -1.91. The molecule has 2 rings (SSSR count). The molecule has 0 amide bonds. The molecule has 2 N–H and O–H groups in total. The number of nitrogens with one attached hydrogen (secondary N) is 1. The van der Waals surface area contributed by atoms with Crippen molar-refractivity contribution in [1.82, 2.24) is 15.4 Å². The van der Waals surface area contributed by atoms with Gasteiger partial charge in [0.1, 0.15) is 17.1 Å². The highest BCUT2D eigenvalue weighted by molar-refractivity contribution is 5.68. The number of benzene rings is 1. The van der Waals surface area contributed by atoms with Gasteiger partial charge in [-0.25, -0.2) is 0 Å².